The second kappa shape index (κ2) is 10.8. The van der Waals surface area contributed by atoms with Gasteiger partial charge in [0.1, 0.15) is 11.5 Å². The highest BCUT2D eigenvalue weighted by molar-refractivity contribution is 6.17. The van der Waals surface area contributed by atoms with Crippen LogP contribution in [0.2, 0.25) is 0 Å². The quantitative estimate of drug-likeness (QED) is 0.480. The van der Waals surface area contributed by atoms with Gasteiger partial charge >= 0.3 is 0 Å². The van der Waals surface area contributed by atoms with Crippen molar-refractivity contribution in [2.24, 2.45) is 5.92 Å². The molecule has 0 fully saturated rings. The Morgan fingerprint density at radius 3 is 2.52 bits per heavy atom. The van der Waals surface area contributed by atoms with E-state index in [0.717, 1.165) is 43.1 Å². The predicted octanol–water partition coefficient (Wildman–Crippen LogP) is 5.81. The Labute approximate surface area is 134 Å². The molecule has 21 heavy (non-hydrogen) atoms. The third kappa shape index (κ3) is 6.60. The first-order valence-corrected chi connectivity index (χ1v) is 8.73. The Kier molecular flexibility index (Phi) is 9.32. The molecule has 0 spiro atoms. The van der Waals surface area contributed by atoms with E-state index in [0.29, 0.717) is 11.8 Å². The van der Waals surface area contributed by atoms with Crippen molar-refractivity contribution in [1.29, 1.82) is 0 Å². The molecule has 0 aliphatic carbocycles. The summed E-state index contributed by atoms with van der Waals surface area (Å²) in [5, 5.41) is 0. The molecule has 0 saturated carbocycles. The van der Waals surface area contributed by atoms with Gasteiger partial charge in [-0.25, -0.2) is 0 Å². The zero-order chi connectivity index (χ0) is 15.5. The van der Waals surface area contributed by atoms with Gasteiger partial charge in [0.2, 0.25) is 0 Å². The smallest absolute Gasteiger partial charge is 0.127 e. The molecule has 0 bridgehead atoms. The first-order valence-electron chi connectivity index (χ1n) is 8.19. The van der Waals surface area contributed by atoms with Crippen LogP contribution in [-0.2, 0) is 5.88 Å². The van der Waals surface area contributed by atoms with E-state index in [-0.39, 0.29) is 0 Å². The number of hydrogen-bond acceptors (Lipinski definition) is 2. The highest BCUT2D eigenvalue weighted by atomic mass is 35.5. The van der Waals surface area contributed by atoms with E-state index in [1.54, 1.807) is 0 Å². The lowest BCUT2D eigenvalue weighted by Gasteiger charge is -2.18. The average molecular weight is 313 g/mol. The maximum Gasteiger partial charge on any atom is 0.127 e. The van der Waals surface area contributed by atoms with Crippen LogP contribution in [0.3, 0.4) is 0 Å². The van der Waals surface area contributed by atoms with E-state index in [1.807, 2.05) is 18.2 Å². The summed E-state index contributed by atoms with van der Waals surface area (Å²) in [7, 11) is 0. The van der Waals surface area contributed by atoms with E-state index in [9.17, 15) is 0 Å². The van der Waals surface area contributed by atoms with Gasteiger partial charge in [0.15, 0.2) is 0 Å². The molecule has 0 amide bonds. The van der Waals surface area contributed by atoms with Crippen LogP contribution in [0.4, 0.5) is 0 Å². The van der Waals surface area contributed by atoms with E-state index in [2.05, 4.69) is 20.8 Å². The Bertz CT molecular complexity index is 393. The summed E-state index contributed by atoms with van der Waals surface area (Å²) in [4.78, 5) is 0. The largest absolute Gasteiger partial charge is 0.493 e. The molecule has 0 radical (unpaired) electrons. The van der Waals surface area contributed by atoms with Gasteiger partial charge in [0.05, 0.1) is 19.1 Å². The lowest BCUT2D eigenvalue weighted by atomic mass is 10.0. The lowest BCUT2D eigenvalue weighted by molar-refractivity contribution is 0.230. The molecule has 0 aromatic heterocycles. The number of halogens is 1. The summed E-state index contributed by atoms with van der Waals surface area (Å²) in [6.45, 7) is 8.05. The molecule has 1 atom stereocenters. The van der Waals surface area contributed by atoms with Gasteiger partial charge in [-0.3, -0.25) is 0 Å². The topological polar surface area (TPSA) is 18.5 Å². The van der Waals surface area contributed by atoms with Crippen LogP contribution in [0.25, 0.3) is 0 Å². The average Bonchev–Trinajstić information content (AvgIpc) is 2.53. The molecule has 1 aromatic carbocycles. The summed E-state index contributed by atoms with van der Waals surface area (Å²) < 4.78 is 11.7. The summed E-state index contributed by atoms with van der Waals surface area (Å²) in [6.07, 6.45) is 5.90. The Hall–Kier alpha value is -0.890. The zero-order valence-electron chi connectivity index (χ0n) is 13.7. The number of hydrogen-bond donors (Lipinski definition) is 0. The maximum atomic E-state index is 6.03. The van der Waals surface area contributed by atoms with Gasteiger partial charge in [-0.2, -0.15) is 0 Å². The van der Waals surface area contributed by atoms with Crippen molar-refractivity contribution in [2.75, 3.05) is 13.2 Å². The van der Waals surface area contributed by atoms with E-state index < -0.39 is 0 Å². The molecule has 2 nitrogen and oxygen atoms in total. The van der Waals surface area contributed by atoms with E-state index in [1.165, 1.54) is 19.3 Å². The molecular weight excluding hydrogens is 284 g/mol. The molecule has 3 heteroatoms. The molecule has 0 heterocycles. The van der Waals surface area contributed by atoms with Crippen molar-refractivity contribution in [1.82, 2.24) is 0 Å². The molecule has 1 unspecified atom stereocenters. The molecule has 0 aliphatic rings. The van der Waals surface area contributed by atoms with Crippen molar-refractivity contribution < 1.29 is 9.47 Å². The van der Waals surface area contributed by atoms with E-state index in [4.69, 9.17) is 21.1 Å². The van der Waals surface area contributed by atoms with Crippen molar-refractivity contribution in [3.63, 3.8) is 0 Å². The van der Waals surface area contributed by atoms with Gasteiger partial charge in [0, 0.05) is 11.6 Å². The van der Waals surface area contributed by atoms with Crippen molar-refractivity contribution in [3.8, 4) is 11.5 Å². The molecule has 0 N–H and O–H groups in total. The van der Waals surface area contributed by atoms with Crippen LogP contribution in [0.15, 0.2) is 18.2 Å². The first kappa shape index (κ1) is 18.2. The summed E-state index contributed by atoms with van der Waals surface area (Å²) in [5.74, 6) is 2.82. The van der Waals surface area contributed by atoms with Crippen LogP contribution in [0.1, 0.15) is 58.4 Å². The summed E-state index contributed by atoms with van der Waals surface area (Å²) >= 11 is 6.00. The minimum Gasteiger partial charge on any atom is -0.493 e. The Morgan fingerprint density at radius 2 is 1.90 bits per heavy atom. The number of alkyl halides is 1. The maximum absolute atomic E-state index is 6.03. The van der Waals surface area contributed by atoms with Crippen LogP contribution >= 0.6 is 11.6 Å². The van der Waals surface area contributed by atoms with Crippen molar-refractivity contribution >= 4 is 11.6 Å². The van der Waals surface area contributed by atoms with Crippen LogP contribution in [0, 0.1) is 5.92 Å². The van der Waals surface area contributed by atoms with Gasteiger partial charge in [0.25, 0.3) is 0 Å². The zero-order valence-corrected chi connectivity index (χ0v) is 14.4. The fraction of sp³-hybridized carbons (Fsp3) is 0.667. The molecule has 1 rings (SSSR count). The second-order valence-electron chi connectivity index (χ2n) is 5.48. The Morgan fingerprint density at radius 1 is 1.10 bits per heavy atom. The monoisotopic (exact) mass is 312 g/mol. The third-order valence-electron chi connectivity index (χ3n) is 3.67. The second-order valence-corrected chi connectivity index (χ2v) is 5.75. The molecular formula is C18H29ClO2. The number of ether oxygens (including phenoxy) is 2. The summed E-state index contributed by atoms with van der Waals surface area (Å²) in [5.41, 5.74) is 1.03. The molecule has 120 valence electrons. The third-order valence-corrected chi connectivity index (χ3v) is 3.96. The molecule has 0 aliphatic heterocycles. The minimum absolute atomic E-state index is 0.467. The van der Waals surface area contributed by atoms with Crippen LogP contribution < -0.4 is 9.47 Å². The number of unbranched alkanes of at least 4 members (excludes halogenated alkanes) is 1. The molecule has 0 saturated heterocycles. The fourth-order valence-corrected chi connectivity index (χ4v) is 2.42. The first-order chi connectivity index (χ1) is 10.2. The van der Waals surface area contributed by atoms with Gasteiger partial charge < -0.3 is 9.47 Å². The highest BCUT2D eigenvalue weighted by Crippen LogP contribution is 2.27. The van der Waals surface area contributed by atoms with Crippen molar-refractivity contribution in [3.05, 3.63) is 23.8 Å². The highest BCUT2D eigenvalue weighted by Gasteiger charge is 2.10. The molecule has 1 aromatic rings. The van der Waals surface area contributed by atoms with Crippen LogP contribution in [-0.4, -0.2) is 13.2 Å². The predicted molar refractivity (Wildman–Crippen MR) is 90.6 cm³/mol. The van der Waals surface area contributed by atoms with Crippen LogP contribution in [0.5, 0.6) is 11.5 Å². The minimum atomic E-state index is 0.467. The standard InChI is InChI=1S/C18H29ClO2/c1-4-7-8-15(6-3)14-21-18-12-17(20-11-5-2)10-9-16(18)13-19/h9-10,12,15H,4-8,11,13-14H2,1-3H3. The normalized spacial score (nSPS) is 12.2. The lowest BCUT2D eigenvalue weighted by Crippen LogP contribution is -2.12. The van der Waals surface area contributed by atoms with E-state index >= 15 is 0 Å². The fourth-order valence-electron chi connectivity index (χ4n) is 2.20. The van der Waals surface area contributed by atoms with Gasteiger partial charge in [-0.05, 0) is 24.8 Å². The summed E-state index contributed by atoms with van der Waals surface area (Å²) in [6, 6.07) is 5.94. The van der Waals surface area contributed by atoms with Gasteiger partial charge in [-0.15, -0.1) is 11.6 Å². The van der Waals surface area contributed by atoms with Gasteiger partial charge in [-0.1, -0.05) is 46.1 Å². The SMILES string of the molecule is CCCCC(CC)COc1cc(OCCC)ccc1CCl. The number of benzene rings is 1. The Balaban J connectivity index is 2.65. The van der Waals surface area contributed by atoms with Crippen molar-refractivity contribution in [2.45, 2.75) is 58.8 Å². The number of rotatable bonds is 11.